The summed E-state index contributed by atoms with van der Waals surface area (Å²) >= 11 is 0. The van der Waals surface area contributed by atoms with E-state index in [1.165, 1.54) is 0 Å². The Bertz CT molecular complexity index is 883. The van der Waals surface area contributed by atoms with E-state index < -0.39 is 8.32 Å². The molecule has 0 amide bonds. The number of rotatable bonds is 4. The van der Waals surface area contributed by atoms with Crippen molar-refractivity contribution in [3.63, 3.8) is 0 Å². The molecule has 3 heterocycles. The summed E-state index contributed by atoms with van der Waals surface area (Å²) in [6.45, 7) is 14.9. The number of H-pyrrole nitrogens is 1. The van der Waals surface area contributed by atoms with Crippen LogP contribution in [0.25, 0.3) is 11.2 Å². The van der Waals surface area contributed by atoms with Crippen LogP contribution in [0.5, 0.6) is 0 Å². The van der Waals surface area contributed by atoms with Crippen molar-refractivity contribution in [3.05, 3.63) is 29.3 Å². The Kier molecular flexibility index (Phi) is 4.58. The van der Waals surface area contributed by atoms with Gasteiger partial charge in [-0.3, -0.25) is 14.3 Å². The summed E-state index contributed by atoms with van der Waals surface area (Å²) in [6, 6.07) is 0. The first-order chi connectivity index (χ1) is 12.0. The van der Waals surface area contributed by atoms with Crippen molar-refractivity contribution in [2.24, 2.45) is 0 Å². The molecule has 0 unspecified atom stereocenters. The van der Waals surface area contributed by atoms with Gasteiger partial charge in [0.1, 0.15) is 12.3 Å². The van der Waals surface area contributed by atoms with E-state index in [2.05, 4.69) is 55.4 Å². The predicted molar refractivity (Wildman–Crippen MR) is 103 cm³/mol. The average molecular weight is 378 g/mol. The van der Waals surface area contributed by atoms with Crippen molar-refractivity contribution < 1.29 is 9.16 Å². The second-order valence-corrected chi connectivity index (χ2v) is 13.0. The van der Waals surface area contributed by atoms with Gasteiger partial charge in [-0.25, -0.2) is 4.98 Å². The zero-order valence-corrected chi connectivity index (χ0v) is 16.9. The third-order valence-electron chi connectivity index (χ3n) is 5.36. The topological polar surface area (TPSA) is 108 Å². The molecule has 3 N–H and O–H groups in total. The lowest BCUT2D eigenvalue weighted by Gasteiger charge is -2.39. The molecule has 1 fully saturated rings. The van der Waals surface area contributed by atoms with Crippen molar-refractivity contribution in [1.29, 1.82) is 0 Å². The Morgan fingerprint density at radius 3 is 2.81 bits per heavy atom. The fourth-order valence-corrected chi connectivity index (χ4v) is 4.21. The highest BCUT2D eigenvalue weighted by Gasteiger charge is 2.44. The van der Waals surface area contributed by atoms with Crippen LogP contribution in [-0.2, 0) is 9.16 Å². The van der Waals surface area contributed by atoms with Crippen molar-refractivity contribution in [2.75, 3.05) is 5.73 Å². The third kappa shape index (κ3) is 3.22. The van der Waals surface area contributed by atoms with E-state index in [-0.39, 0.29) is 40.5 Å². The summed E-state index contributed by atoms with van der Waals surface area (Å²) in [6.07, 6.45) is 3.29. The number of fused-ring (bicyclic) bond motifs is 1. The monoisotopic (exact) mass is 377 g/mol. The first-order valence-electron chi connectivity index (χ1n) is 8.71. The lowest BCUT2D eigenvalue weighted by Crippen LogP contribution is -2.45. The predicted octanol–water partition coefficient (Wildman–Crippen LogP) is 2.57. The number of nitrogens with one attached hydrogen (secondary N) is 1. The zero-order chi connectivity index (χ0) is 19.3. The van der Waals surface area contributed by atoms with Gasteiger partial charge in [0.15, 0.2) is 19.5 Å². The normalized spacial score (nSPS) is 24.3. The van der Waals surface area contributed by atoms with Gasteiger partial charge >= 0.3 is 0 Å². The molecule has 26 heavy (non-hydrogen) atoms. The molecule has 3 atom stereocenters. The summed E-state index contributed by atoms with van der Waals surface area (Å²) in [5.41, 5.74) is 5.97. The third-order valence-corrected chi connectivity index (χ3v) is 9.86. The summed E-state index contributed by atoms with van der Waals surface area (Å²) in [7, 11) is -1.96. The average Bonchev–Trinajstić information content (AvgIpc) is 3.09. The van der Waals surface area contributed by atoms with Gasteiger partial charge in [-0.05, 0) is 18.1 Å². The molecule has 1 aliphatic rings. The van der Waals surface area contributed by atoms with Crippen LogP contribution in [0.15, 0.2) is 23.8 Å². The molecular formula is C17H27N5O3Si. The van der Waals surface area contributed by atoms with Crippen molar-refractivity contribution in [2.45, 2.75) is 63.8 Å². The first-order valence-corrected chi connectivity index (χ1v) is 11.6. The van der Waals surface area contributed by atoms with Crippen LogP contribution in [-0.4, -0.2) is 40.0 Å². The fraction of sp³-hybridized carbons (Fsp3) is 0.588. The zero-order valence-electron chi connectivity index (χ0n) is 15.9. The maximum Gasteiger partial charge on any atom is 0.280 e. The molecule has 0 aromatic carbocycles. The summed E-state index contributed by atoms with van der Waals surface area (Å²) < 4.78 is 14.4. The highest BCUT2D eigenvalue weighted by molar-refractivity contribution is 6.74. The summed E-state index contributed by atoms with van der Waals surface area (Å²) in [5, 5.41) is 0.0990. The van der Waals surface area contributed by atoms with Gasteiger partial charge in [0.2, 0.25) is 5.95 Å². The number of nitrogens with two attached hydrogens (primary N) is 1. The van der Waals surface area contributed by atoms with Gasteiger partial charge in [0.05, 0.1) is 12.4 Å². The van der Waals surface area contributed by atoms with Crippen molar-refractivity contribution in [1.82, 2.24) is 19.5 Å². The Morgan fingerprint density at radius 2 is 2.19 bits per heavy atom. The molecule has 0 radical (unpaired) electrons. The molecule has 0 aliphatic carbocycles. The molecule has 9 heteroatoms. The van der Waals surface area contributed by atoms with Gasteiger partial charge in [0, 0.05) is 6.42 Å². The molecule has 0 saturated carbocycles. The van der Waals surface area contributed by atoms with Gasteiger partial charge in [0.25, 0.3) is 5.56 Å². The number of nitrogen functional groups attached to an aromatic ring is 1. The van der Waals surface area contributed by atoms with E-state index in [1.54, 1.807) is 17.0 Å². The highest BCUT2D eigenvalue weighted by atomic mass is 28.4. The quantitative estimate of drug-likeness (QED) is 0.626. The number of nitrogens with zero attached hydrogens (tertiary/aromatic N) is 3. The smallest absolute Gasteiger partial charge is 0.280 e. The lowest BCUT2D eigenvalue weighted by atomic mass is 10.2. The number of imidazole rings is 1. The van der Waals surface area contributed by atoms with Crippen LogP contribution in [0.4, 0.5) is 5.95 Å². The van der Waals surface area contributed by atoms with Gasteiger partial charge in [-0.15, -0.1) is 6.58 Å². The molecule has 0 spiro atoms. The van der Waals surface area contributed by atoms with E-state index in [0.29, 0.717) is 12.1 Å². The van der Waals surface area contributed by atoms with E-state index in [0.717, 1.165) is 0 Å². The van der Waals surface area contributed by atoms with Crippen LogP contribution >= 0.6 is 0 Å². The lowest BCUT2D eigenvalue weighted by molar-refractivity contribution is 0.0110. The molecular weight excluding hydrogens is 350 g/mol. The standard InChI is InChI=1S/C17H27N5O3Si/c1-7-10-11(25-26(5,6)17(2,3)4)8-12(24-10)22-9-19-13-14(22)20-16(18)21-15(13)23/h7,9-12H,1,8H2,2-6H3,(H3,18,20,21,23)/t10-,11+,12-/m1/s1. The van der Waals surface area contributed by atoms with Crippen LogP contribution in [0.3, 0.4) is 0 Å². The second-order valence-electron chi connectivity index (χ2n) is 8.22. The van der Waals surface area contributed by atoms with E-state index in [9.17, 15) is 4.79 Å². The van der Waals surface area contributed by atoms with Crippen LogP contribution < -0.4 is 11.3 Å². The van der Waals surface area contributed by atoms with Crippen LogP contribution in [0.2, 0.25) is 18.1 Å². The minimum Gasteiger partial charge on any atom is -0.411 e. The molecule has 142 valence electrons. The molecule has 8 nitrogen and oxygen atoms in total. The van der Waals surface area contributed by atoms with E-state index in [1.807, 2.05) is 0 Å². The Labute approximate surface area is 153 Å². The van der Waals surface area contributed by atoms with Crippen LogP contribution in [0, 0.1) is 0 Å². The number of hydrogen-bond acceptors (Lipinski definition) is 6. The largest absolute Gasteiger partial charge is 0.411 e. The maximum absolute atomic E-state index is 12.0. The minimum absolute atomic E-state index is 0.0524. The Balaban J connectivity index is 1.90. The fourth-order valence-electron chi connectivity index (χ4n) is 2.87. The summed E-state index contributed by atoms with van der Waals surface area (Å²) in [4.78, 5) is 22.8. The molecule has 3 rings (SSSR count). The molecule has 2 aromatic heterocycles. The van der Waals surface area contributed by atoms with Crippen molar-refractivity contribution >= 4 is 25.4 Å². The van der Waals surface area contributed by atoms with Gasteiger partial charge in [-0.2, -0.15) is 4.98 Å². The Hall–Kier alpha value is -1.97. The van der Waals surface area contributed by atoms with Gasteiger partial charge < -0.3 is 14.9 Å². The maximum atomic E-state index is 12.0. The number of ether oxygens (including phenoxy) is 1. The van der Waals surface area contributed by atoms with Gasteiger partial charge in [-0.1, -0.05) is 26.8 Å². The van der Waals surface area contributed by atoms with E-state index in [4.69, 9.17) is 14.9 Å². The number of aromatic amines is 1. The number of hydrogen-bond donors (Lipinski definition) is 2. The number of anilines is 1. The highest BCUT2D eigenvalue weighted by Crippen LogP contribution is 2.41. The second kappa shape index (κ2) is 6.33. The number of aromatic nitrogens is 4. The van der Waals surface area contributed by atoms with E-state index >= 15 is 0 Å². The SMILES string of the molecule is C=C[C@H]1O[C@@H](n2cnc3c(=O)[nH]c(N)nc32)C[C@@H]1O[Si](C)(C)C(C)(C)C. The molecule has 1 aliphatic heterocycles. The molecule has 1 saturated heterocycles. The first kappa shape index (κ1) is 18.8. The minimum atomic E-state index is -1.96. The molecule has 0 bridgehead atoms. The summed E-state index contributed by atoms with van der Waals surface area (Å²) in [5.74, 6) is 0.0524. The van der Waals surface area contributed by atoms with Crippen LogP contribution in [0.1, 0.15) is 33.4 Å². The Morgan fingerprint density at radius 1 is 1.50 bits per heavy atom. The van der Waals surface area contributed by atoms with Crippen molar-refractivity contribution in [3.8, 4) is 0 Å². The molecule has 2 aromatic rings.